The second kappa shape index (κ2) is 28.6. The van der Waals surface area contributed by atoms with Gasteiger partial charge in [-0.25, -0.2) is 9.59 Å². The van der Waals surface area contributed by atoms with Crippen LogP contribution in [0.5, 0.6) is 11.5 Å². The van der Waals surface area contributed by atoms with Crippen LogP contribution in [0.3, 0.4) is 0 Å². The van der Waals surface area contributed by atoms with E-state index in [-0.39, 0.29) is 92.0 Å². The molecule has 1 aromatic rings. The predicted molar refractivity (Wildman–Crippen MR) is 290 cm³/mol. The molecule has 6 rings (SSSR count). The molecule has 4 heterocycles. The van der Waals surface area contributed by atoms with Crippen LogP contribution in [0.1, 0.15) is 146 Å². The summed E-state index contributed by atoms with van der Waals surface area (Å²) in [7, 11) is 4.23. The molecule has 2 fully saturated rings. The van der Waals surface area contributed by atoms with Crippen LogP contribution in [-0.2, 0) is 102 Å². The van der Waals surface area contributed by atoms with Crippen molar-refractivity contribution in [3.8, 4) is 11.5 Å². The Hall–Kier alpha value is -5.84. The average molecular weight is 1160 g/mol. The van der Waals surface area contributed by atoms with Gasteiger partial charge >= 0.3 is 47.8 Å². The van der Waals surface area contributed by atoms with Gasteiger partial charge < -0.3 is 66.5 Å². The first-order valence-electron chi connectivity index (χ1n) is 28.8. The summed E-state index contributed by atoms with van der Waals surface area (Å²) in [5.74, 6) is -6.86. The zero-order valence-electron chi connectivity index (χ0n) is 50.3. The number of rotatable bonds is 24. The number of esters is 8. The highest BCUT2D eigenvalue weighted by Crippen LogP contribution is 2.56. The summed E-state index contributed by atoms with van der Waals surface area (Å²) < 4.78 is 79.8. The van der Waals surface area contributed by atoms with Gasteiger partial charge in [-0.05, 0) is 67.2 Å². The number of carbonyl (C=O) groups excluding carboxylic acids is 8. The molecule has 0 radical (unpaired) electrons. The van der Waals surface area contributed by atoms with Gasteiger partial charge in [-0.1, -0.05) is 101 Å². The molecule has 1 spiro atoms. The second-order valence-electron chi connectivity index (χ2n) is 24.7. The number of ether oxygens (including phenoxy) is 13. The Morgan fingerprint density at radius 1 is 0.549 bits per heavy atom. The maximum Gasteiger partial charge on any atom is 0.339 e. The van der Waals surface area contributed by atoms with E-state index in [4.69, 9.17) is 61.6 Å². The van der Waals surface area contributed by atoms with Gasteiger partial charge in [0.2, 0.25) is 18.7 Å². The van der Waals surface area contributed by atoms with Crippen LogP contribution in [0.2, 0.25) is 0 Å². The van der Waals surface area contributed by atoms with Crippen LogP contribution >= 0.6 is 0 Å². The standard InChI is InChI=1S/C60H87NO21/c1-30(2)22-40(62)75-48-50(77-42(64)24-32(5)6)54(79-44(66)26-34(9)10)58(81-52(48)56(68)70-14)72-37-18-19-60-20-21-61(13)29-36-16-17-38(47(46(36)60)74-39(60)28-37)73-59-55(80-45(67)27-35(11)12)51(78-43(65)25-33(7)8)49(53(82-59)57(69)71-15)76-41(63)23-31(3)4/h16-19,30-35,37,39,48-55,58-59H,20-29H2,1-15H3/t37-,39-,48-,49-,50-,51-,52-,53-,54+,55+,58+,59+,60-/m0/s1. The van der Waals surface area contributed by atoms with Crippen molar-refractivity contribution in [3.05, 3.63) is 35.4 Å². The largest absolute Gasteiger partial charge is 0.485 e. The Balaban J connectivity index is 1.41. The maximum atomic E-state index is 13.8. The fourth-order valence-corrected chi connectivity index (χ4v) is 10.8. The highest BCUT2D eigenvalue weighted by atomic mass is 16.8. The Labute approximate surface area is 481 Å². The van der Waals surface area contributed by atoms with E-state index in [0.717, 1.165) is 25.3 Å². The Morgan fingerprint density at radius 2 is 0.939 bits per heavy atom. The minimum atomic E-state index is -1.74. The molecule has 0 aromatic heterocycles. The molecule has 1 aliphatic carbocycles. The van der Waals surface area contributed by atoms with E-state index in [2.05, 4.69) is 4.90 Å². The van der Waals surface area contributed by atoms with Crippen LogP contribution in [0.4, 0.5) is 0 Å². The number of benzene rings is 1. The van der Waals surface area contributed by atoms with Gasteiger partial charge in [0, 0.05) is 57.1 Å². The van der Waals surface area contributed by atoms with Crippen molar-refractivity contribution in [2.45, 2.75) is 220 Å². The van der Waals surface area contributed by atoms with E-state index < -0.39 is 127 Å². The van der Waals surface area contributed by atoms with Gasteiger partial charge in [0.25, 0.3) is 0 Å². The fraction of sp³-hybridized carbons (Fsp3) is 0.733. The van der Waals surface area contributed by atoms with E-state index >= 15 is 0 Å². The lowest BCUT2D eigenvalue weighted by Crippen LogP contribution is -2.64. The van der Waals surface area contributed by atoms with Crippen LogP contribution in [-0.4, -0.2) is 154 Å². The second-order valence-corrected chi connectivity index (χ2v) is 24.7. The minimum absolute atomic E-state index is 0.0536. The van der Waals surface area contributed by atoms with Crippen molar-refractivity contribution >= 4 is 47.8 Å². The zero-order chi connectivity index (χ0) is 60.5. The molecular weight excluding hydrogens is 1070 g/mol. The number of methoxy groups -OCH3 is 2. The van der Waals surface area contributed by atoms with E-state index in [1.807, 2.05) is 80.7 Å². The summed E-state index contributed by atoms with van der Waals surface area (Å²) >= 11 is 0. The number of nitrogens with zero attached hydrogens (tertiary/aromatic N) is 1. The van der Waals surface area contributed by atoms with Crippen LogP contribution in [0.15, 0.2) is 24.3 Å². The number of hydrogen-bond acceptors (Lipinski definition) is 22. The van der Waals surface area contributed by atoms with Crippen molar-refractivity contribution in [2.75, 3.05) is 27.8 Å². The van der Waals surface area contributed by atoms with E-state index in [1.54, 1.807) is 33.8 Å². The number of hydrogen-bond donors (Lipinski definition) is 0. The normalized spacial score (nSPS) is 28.6. The molecule has 458 valence electrons. The molecule has 82 heavy (non-hydrogen) atoms. The lowest BCUT2D eigenvalue weighted by Gasteiger charge is -2.45. The van der Waals surface area contributed by atoms with E-state index in [1.165, 1.54) is 0 Å². The first-order chi connectivity index (χ1) is 38.6. The molecular formula is C60H87NO21. The molecule has 2 saturated heterocycles. The van der Waals surface area contributed by atoms with Crippen LogP contribution in [0.25, 0.3) is 0 Å². The SMILES string of the molecule is COC(=O)[C@H]1O[C@@H](Oc2ccc3c4c2O[C@H]2C[C@@H](O[C@@H]5O[C@H](C(=O)OC)[C@@H](OC(=O)CC(C)C)[C@H](OC(=O)CC(C)C)[C@H]5OC(=O)CC(C)C)C=C[C@@]42CCN(C)C3)[C@H](OC(=O)CC(C)C)[C@@H](OC(=O)CC(C)C)[C@@H]1OC(=O)CC(C)C. The molecule has 0 N–H and O–H groups in total. The predicted octanol–water partition coefficient (Wildman–Crippen LogP) is 6.79. The monoisotopic (exact) mass is 1160 g/mol. The van der Waals surface area contributed by atoms with Crippen LogP contribution in [0, 0.1) is 35.5 Å². The topological polar surface area (TPSA) is 260 Å². The molecule has 0 bridgehead atoms. The molecule has 4 aliphatic heterocycles. The molecule has 13 atom stereocenters. The van der Waals surface area contributed by atoms with Crippen molar-refractivity contribution in [1.29, 1.82) is 0 Å². The summed E-state index contributed by atoms with van der Waals surface area (Å²) in [4.78, 5) is 111. The van der Waals surface area contributed by atoms with Crippen molar-refractivity contribution in [1.82, 2.24) is 4.90 Å². The Morgan fingerprint density at radius 3 is 1.35 bits per heavy atom. The van der Waals surface area contributed by atoms with Gasteiger partial charge in [-0.3, -0.25) is 28.8 Å². The summed E-state index contributed by atoms with van der Waals surface area (Å²) in [5, 5.41) is 0. The highest BCUT2D eigenvalue weighted by molar-refractivity contribution is 5.79. The van der Waals surface area contributed by atoms with E-state index in [0.29, 0.717) is 19.5 Å². The van der Waals surface area contributed by atoms with Crippen LogP contribution < -0.4 is 9.47 Å². The summed E-state index contributed by atoms with van der Waals surface area (Å²) in [6, 6.07) is 3.54. The minimum Gasteiger partial charge on any atom is -0.485 e. The average Bonchev–Trinajstić information content (AvgIpc) is 3.90. The fourth-order valence-electron chi connectivity index (χ4n) is 10.8. The van der Waals surface area contributed by atoms with Gasteiger partial charge in [0.05, 0.1) is 25.7 Å². The van der Waals surface area contributed by atoms with E-state index in [9.17, 15) is 38.4 Å². The van der Waals surface area contributed by atoms with Gasteiger partial charge in [-0.15, -0.1) is 0 Å². The summed E-state index contributed by atoms with van der Waals surface area (Å²) in [6.07, 6.45) is -14.0. The molecule has 22 heteroatoms. The quantitative estimate of drug-likeness (QED) is 0.0586. The summed E-state index contributed by atoms with van der Waals surface area (Å²) in [6.45, 7) is 22.8. The molecule has 0 saturated carbocycles. The Bertz CT molecular complexity index is 2470. The summed E-state index contributed by atoms with van der Waals surface area (Å²) in [5.41, 5.74) is 0.827. The molecule has 0 amide bonds. The maximum absolute atomic E-state index is 13.8. The first kappa shape index (κ1) is 65.3. The van der Waals surface area contributed by atoms with Crippen molar-refractivity contribution in [3.63, 3.8) is 0 Å². The van der Waals surface area contributed by atoms with Gasteiger partial charge in [0.1, 0.15) is 6.10 Å². The third-order valence-corrected chi connectivity index (χ3v) is 14.4. The zero-order valence-corrected chi connectivity index (χ0v) is 50.3. The Kier molecular flexibility index (Phi) is 22.8. The number of carbonyl (C=O) groups is 8. The van der Waals surface area contributed by atoms with Gasteiger partial charge in [0.15, 0.2) is 54.2 Å². The lowest BCUT2D eigenvalue weighted by atomic mass is 9.69. The smallest absolute Gasteiger partial charge is 0.339 e. The first-order valence-corrected chi connectivity index (χ1v) is 28.8. The molecule has 22 nitrogen and oxygen atoms in total. The molecule has 5 aliphatic rings. The lowest BCUT2D eigenvalue weighted by molar-refractivity contribution is -0.309. The van der Waals surface area contributed by atoms with Crippen molar-refractivity contribution < 1.29 is 99.9 Å². The third-order valence-electron chi connectivity index (χ3n) is 14.4. The molecule has 0 unspecified atom stereocenters. The highest BCUT2D eigenvalue weighted by Gasteiger charge is 2.60. The van der Waals surface area contributed by atoms with Gasteiger partial charge in [-0.2, -0.15) is 0 Å². The molecule has 1 aromatic carbocycles. The third kappa shape index (κ3) is 16.5. The van der Waals surface area contributed by atoms with Crippen molar-refractivity contribution in [2.24, 2.45) is 35.5 Å².